The molecule has 0 spiro atoms. The van der Waals surface area contributed by atoms with Gasteiger partial charge >= 0.3 is 5.97 Å². The number of benzene rings is 1. The summed E-state index contributed by atoms with van der Waals surface area (Å²) in [6.07, 6.45) is 2.29. The molecular formula is C18H15N3O3. The van der Waals surface area contributed by atoms with Gasteiger partial charge in [0, 0.05) is 23.1 Å². The lowest BCUT2D eigenvalue weighted by Gasteiger charge is -2.07. The molecule has 1 fully saturated rings. The van der Waals surface area contributed by atoms with Crippen LogP contribution in [-0.2, 0) is 11.3 Å². The number of methoxy groups -OCH3 is 1. The van der Waals surface area contributed by atoms with Crippen molar-refractivity contribution in [3.63, 3.8) is 0 Å². The maximum atomic E-state index is 11.6. The Morgan fingerprint density at radius 1 is 1.21 bits per heavy atom. The first-order chi connectivity index (χ1) is 11.7. The number of nitrogens with zero attached hydrogens (tertiary/aromatic N) is 3. The van der Waals surface area contributed by atoms with Gasteiger partial charge in [-0.3, -0.25) is 0 Å². The summed E-state index contributed by atoms with van der Waals surface area (Å²) in [5.74, 6) is 1.75. The SMILES string of the molecule is COc1ccc(-c2ccc3c(c2)COC3=O)c2nc(C3CC3)nn12. The Balaban J connectivity index is 1.70. The minimum atomic E-state index is -0.255. The molecule has 0 radical (unpaired) electrons. The Kier molecular flexibility index (Phi) is 2.71. The van der Waals surface area contributed by atoms with E-state index >= 15 is 0 Å². The van der Waals surface area contributed by atoms with E-state index in [2.05, 4.69) is 5.10 Å². The van der Waals surface area contributed by atoms with E-state index in [1.165, 1.54) is 0 Å². The van der Waals surface area contributed by atoms with Gasteiger partial charge in [-0.05, 0) is 36.6 Å². The number of cyclic esters (lactones) is 1. The Labute approximate surface area is 138 Å². The molecule has 24 heavy (non-hydrogen) atoms. The molecule has 0 N–H and O–H groups in total. The highest BCUT2D eigenvalue weighted by Gasteiger charge is 2.29. The zero-order valence-electron chi connectivity index (χ0n) is 13.2. The Hall–Kier alpha value is -2.89. The summed E-state index contributed by atoms with van der Waals surface area (Å²) in [6.45, 7) is 0.328. The fourth-order valence-electron chi connectivity index (χ4n) is 3.15. The predicted octanol–water partition coefficient (Wildman–Crippen LogP) is 2.95. The lowest BCUT2D eigenvalue weighted by molar-refractivity contribution is 0.0535. The van der Waals surface area contributed by atoms with Crippen LogP contribution in [0.4, 0.5) is 0 Å². The standard InChI is InChI=1S/C18H15N3O3/c1-23-15-7-6-13(17-19-16(10-2-3-10)20-21(15)17)11-4-5-14-12(8-11)9-24-18(14)22/h4-8,10H,2-3,9H2,1H3. The van der Waals surface area contributed by atoms with Crippen LogP contribution in [0.2, 0.25) is 0 Å². The monoisotopic (exact) mass is 321 g/mol. The molecule has 1 saturated carbocycles. The van der Waals surface area contributed by atoms with E-state index in [1.54, 1.807) is 11.6 Å². The van der Waals surface area contributed by atoms with E-state index in [0.717, 1.165) is 41.0 Å². The van der Waals surface area contributed by atoms with Crippen molar-refractivity contribution in [2.75, 3.05) is 7.11 Å². The van der Waals surface area contributed by atoms with Gasteiger partial charge in [0.25, 0.3) is 0 Å². The lowest BCUT2D eigenvalue weighted by Crippen LogP contribution is -1.98. The van der Waals surface area contributed by atoms with Crippen LogP contribution in [0.1, 0.15) is 40.5 Å². The molecule has 2 aliphatic rings. The number of carbonyl (C=O) groups excluding carboxylic acids is 1. The summed E-state index contributed by atoms with van der Waals surface area (Å²) in [7, 11) is 1.63. The summed E-state index contributed by atoms with van der Waals surface area (Å²) in [5, 5.41) is 4.62. The molecule has 1 aliphatic heterocycles. The van der Waals surface area contributed by atoms with Crippen molar-refractivity contribution in [3.8, 4) is 17.0 Å². The average molecular weight is 321 g/mol. The predicted molar refractivity (Wildman–Crippen MR) is 86.1 cm³/mol. The van der Waals surface area contributed by atoms with Crippen molar-refractivity contribution in [1.29, 1.82) is 0 Å². The second kappa shape index (κ2) is 4.80. The van der Waals surface area contributed by atoms with Gasteiger partial charge in [0.2, 0.25) is 5.88 Å². The topological polar surface area (TPSA) is 65.7 Å². The number of rotatable bonds is 3. The summed E-state index contributed by atoms with van der Waals surface area (Å²) >= 11 is 0. The number of aromatic nitrogens is 3. The van der Waals surface area contributed by atoms with Gasteiger partial charge in [-0.1, -0.05) is 6.07 Å². The van der Waals surface area contributed by atoms with Crippen LogP contribution in [-0.4, -0.2) is 27.7 Å². The van der Waals surface area contributed by atoms with Gasteiger partial charge in [0.15, 0.2) is 11.5 Å². The van der Waals surface area contributed by atoms with E-state index in [-0.39, 0.29) is 5.97 Å². The molecule has 0 unspecified atom stereocenters. The molecule has 120 valence electrons. The second-order valence-electron chi connectivity index (χ2n) is 6.22. The largest absolute Gasteiger partial charge is 0.481 e. The molecule has 0 saturated heterocycles. The summed E-state index contributed by atoms with van der Waals surface area (Å²) in [4.78, 5) is 16.4. The van der Waals surface area contributed by atoms with Crippen molar-refractivity contribution >= 4 is 11.6 Å². The number of hydrogen-bond donors (Lipinski definition) is 0. The highest BCUT2D eigenvalue weighted by molar-refractivity contribution is 5.94. The zero-order valence-corrected chi connectivity index (χ0v) is 13.2. The number of carbonyl (C=O) groups is 1. The molecule has 1 aliphatic carbocycles. The van der Waals surface area contributed by atoms with Gasteiger partial charge in [-0.2, -0.15) is 4.52 Å². The molecule has 3 heterocycles. The molecule has 5 rings (SSSR count). The molecule has 6 nitrogen and oxygen atoms in total. The third-order valence-electron chi connectivity index (χ3n) is 4.61. The molecule has 2 aromatic heterocycles. The smallest absolute Gasteiger partial charge is 0.338 e. The second-order valence-corrected chi connectivity index (χ2v) is 6.22. The van der Waals surface area contributed by atoms with Gasteiger partial charge in [-0.15, -0.1) is 5.10 Å². The third kappa shape index (κ3) is 1.92. The highest BCUT2D eigenvalue weighted by atomic mass is 16.5. The molecule has 0 amide bonds. The first-order valence-corrected chi connectivity index (χ1v) is 7.98. The fraction of sp³-hybridized carbons (Fsp3) is 0.278. The number of esters is 1. The van der Waals surface area contributed by atoms with E-state index < -0.39 is 0 Å². The number of pyridine rings is 1. The molecule has 6 heteroatoms. The van der Waals surface area contributed by atoms with E-state index in [1.807, 2.05) is 30.3 Å². The van der Waals surface area contributed by atoms with Crippen molar-refractivity contribution in [2.45, 2.75) is 25.4 Å². The van der Waals surface area contributed by atoms with Gasteiger partial charge in [0.05, 0.1) is 12.7 Å². The first-order valence-electron chi connectivity index (χ1n) is 7.98. The minimum Gasteiger partial charge on any atom is -0.481 e. The molecular weight excluding hydrogens is 306 g/mol. The number of fused-ring (bicyclic) bond motifs is 2. The normalized spacial score (nSPS) is 16.3. The Bertz CT molecular complexity index is 989. The minimum absolute atomic E-state index is 0.255. The molecule has 1 aromatic carbocycles. The van der Waals surface area contributed by atoms with Gasteiger partial charge in [-0.25, -0.2) is 9.78 Å². The summed E-state index contributed by atoms with van der Waals surface area (Å²) in [5.41, 5.74) is 4.30. The molecule has 0 bridgehead atoms. The van der Waals surface area contributed by atoms with E-state index in [4.69, 9.17) is 14.5 Å². The van der Waals surface area contributed by atoms with Gasteiger partial charge in [0.1, 0.15) is 6.61 Å². The number of hydrogen-bond acceptors (Lipinski definition) is 5. The molecule has 3 aromatic rings. The van der Waals surface area contributed by atoms with E-state index in [0.29, 0.717) is 24.0 Å². The first kappa shape index (κ1) is 13.5. The van der Waals surface area contributed by atoms with Crippen LogP contribution in [0.5, 0.6) is 5.88 Å². The summed E-state index contributed by atoms with van der Waals surface area (Å²) in [6, 6.07) is 9.62. The lowest BCUT2D eigenvalue weighted by atomic mass is 10.0. The van der Waals surface area contributed by atoms with Crippen molar-refractivity contribution < 1.29 is 14.3 Å². The maximum absolute atomic E-state index is 11.6. The number of ether oxygens (including phenoxy) is 2. The Morgan fingerprint density at radius 3 is 2.83 bits per heavy atom. The maximum Gasteiger partial charge on any atom is 0.338 e. The average Bonchev–Trinajstić information content (AvgIpc) is 3.26. The Morgan fingerprint density at radius 2 is 2.04 bits per heavy atom. The quantitative estimate of drug-likeness (QED) is 0.694. The zero-order chi connectivity index (χ0) is 16.3. The highest BCUT2D eigenvalue weighted by Crippen LogP contribution is 2.39. The van der Waals surface area contributed by atoms with Crippen LogP contribution in [0.15, 0.2) is 30.3 Å². The third-order valence-corrected chi connectivity index (χ3v) is 4.61. The van der Waals surface area contributed by atoms with Crippen molar-refractivity contribution in [1.82, 2.24) is 14.6 Å². The van der Waals surface area contributed by atoms with Crippen LogP contribution in [0.25, 0.3) is 16.8 Å². The van der Waals surface area contributed by atoms with Crippen LogP contribution < -0.4 is 4.74 Å². The fourth-order valence-corrected chi connectivity index (χ4v) is 3.15. The van der Waals surface area contributed by atoms with E-state index in [9.17, 15) is 4.79 Å². The van der Waals surface area contributed by atoms with Crippen LogP contribution in [0, 0.1) is 0 Å². The van der Waals surface area contributed by atoms with Gasteiger partial charge < -0.3 is 9.47 Å². The summed E-state index contributed by atoms with van der Waals surface area (Å²) < 4.78 is 12.3. The van der Waals surface area contributed by atoms with Crippen molar-refractivity contribution in [3.05, 3.63) is 47.3 Å². The van der Waals surface area contributed by atoms with Crippen molar-refractivity contribution in [2.24, 2.45) is 0 Å². The van der Waals surface area contributed by atoms with Crippen LogP contribution >= 0.6 is 0 Å². The molecule has 0 atom stereocenters. The van der Waals surface area contributed by atoms with Crippen LogP contribution in [0.3, 0.4) is 0 Å².